The van der Waals surface area contributed by atoms with Crippen LogP contribution >= 0.6 is 0 Å². The van der Waals surface area contributed by atoms with Gasteiger partial charge in [0.25, 0.3) is 0 Å². The third-order valence-electron chi connectivity index (χ3n) is 13.6. The van der Waals surface area contributed by atoms with E-state index in [4.69, 9.17) is 4.98 Å². The summed E-state index contributed by atoms with van der Waals surface area (Å²) in [5.41, 5.74) is 16.6. The highest BCUT2D eigenvalue weighted by molar-refractivity contribution is 6.25. The van der Waals surface area contributed by atoms with Gasteiger partial charge in [-0.3, -0.25) is 0 Å². The van der Waals surface area contributed by atoms with Gasteiger partial charge in [0.1, 0.15) is 0 Å². The van der Waals surface area contributed by atoms with Crippen molar-refractivity contribution < 1.29 is 0 Å². The molecule has 0 aliphatic carbocycles. The van der Waals surface area contributed by atoms with Crippen molar-refractivity contribution in [3.05, 3.63) is 255 Å². The van der Waals surface area contributed by atoms with Gasteiger partial charge in [0.05, 0.1) is 22.4 Å². The molecule has 13 aromatic rings. The van der Waals surface area contributed by atoms with Crippen LogP contribution in [-0.2, 0) is 0 Å². The zero-order valence-corrected chi connectivity index (χ0v) is 36.6. The molecule has 0 radical (unpaired) electrons. The number of nitrogens with zero attached hydrogens (tertiary/aromatic N) is 2. The quantitative estimate of drug-likeness (QED) is 0.146. The summed E-state index contributed by atoms with van der Waals surface area (Å²) >= 11 is 0. The second kappa shape index (κ2) is 16.0. The number of pyridine rings is 1. The highest BCUT2D eigenvalue weighted by Gasteiger charge is 2.18. The van der Waals surface area contributed by atoms with Crippen molar-refractivity contribution in [2.24, 2.45) is 0 Å². The molecule has 2 aromatic heterocycles. The number of hydrogen-bond donors (Lipinski definition) is 0. The van der Waals surface area contributed by atoms with E-state index in [1.54, 1.807) is 0 Å². The number of fused-ring (bicyclic) bond motifs is 9. The molecular weight excluding hydrogens is 809 g/mol. The molecule has 0 saturated carbocycles. The van der Waals surface area contributed by atoms with Crippen molar-refractivity contribution in [1.82, 2.24) is 9.55 Å². The molecule has 0 spiro atoms. The average Bonchev–Trinajstić information content (AvgIpc) is 3.75. The minimum atomic E-state index is 0.912. The van der Waals surface area contributed by atoms with E-state index >= 15 is 0 Å². The van der Waals surface area contributed by atoms with Crippen LogP contribution in [0.25, 0.3) is 127 Å². The smallest absolute Gasteiger partial charge is 0.0716 e. The van der Waals surface area contributed by atoms with Gasteiger partial charge in [-0.05, 0) is 125 Å². The maximum atomic E-state index is 5.55. The molecule has 2 heteroatoms. The number of para-hydroxylation sites is 1. The summed E-state index contributed by atoms with van der Waals surface area (Å²) in [6.07, 6.45) is 0. The van der Waals surface area contributed by atoms with Crippen LogP contribution in [0.2, 0.25) is 0 Å². The molecule has 0 unspecified atom stereocenters. The summed E-state index contributed by atoms with van der Waals surface area (Å²) in [4.78, 5) is 5.55. The fourth-order valence-corrected chi connectivity index (χ4v) is 10.3. The van der Waals surface area contributed by atoms with Gasteiger partial charge in [-0.2, -0.15) is 0 Å². The molecule has 67 heavy (non-hydrogen) atoms. The van der Waals surface area contributed by atoms with Gasteiger partial charge < -0.3 is 4.57 Å². The number of aromatic nitrogens is 2. The molecule has 0 bridgehead atoms. The van der Waals surface area contributed by atoms with Crippen molar-refractivity contribution in [3.8, 4) is 72.7 Å². The lowest BCUT2D eigenvalue weighted by molar-refractivity contribution is 1.18. The Kier molecular flexibility index (Phi) is 9.21. The second-order valence-electron chi connectivity index (χ2n) is 17.5. The molecule has 0 atom stereocenters. The summed E-state index contributed by atoms with van der Waals surface area (Å²) in [6, 6.07) is 92.7. The van der Waals surface area contributed by atoms with Crippen molar-refractivity contribution in [2.75, 3.05) is 0 Å². The van der Waals surface area contributed by atoms with Gasteiger partial charge >= 0.3 is 0 Å². The summed E-state index contributed by atoms with van der Waals surface area (Å²) in [5, 5.41) is 10.0. The lowest BCUT2D eigenvalue weighted by Gasteiger charge is -2.16. The van der Waals surface area contributed by atoms with Gasteiger partial charge in [0, 0.05) is 27.6 Å². The molecule has 2 nitrogen and oxygen atoms in total. The summed E-state index contributed by atoms with van der Waals surface area (Å²) < 4.78 is 2.46. The molecule has 312 valence electrons. The number of hydrogen-bond acceptors (Lipinski definition) is 1. The Morgan fingerprint density at radius 1 is 0.209 bits per heavy atom. The van der Waals surface area contributed by atoms with Crippen LogP contribution in [0.3, 0.4) is 0 Å². The fraction of sp³-hybridized carbons (Fsp3) is 0. The van der Waals surface area contributed by atoms with Gasteiger partial charge in [-0.15, -0.1) is 0 Å². The van der Waals surface area contributed by atoms with Gasteiger partial charge in [-0.1, -0.05) is 206 Å². The van der Waals surface area contributed by atoms with Crippen LogP contribution in [0.15, 0.2) is 255 Å². The van der Waals surface area contributed by atoms with Crippen molar-refractivity contribution in [3.63, 3.8) is 0 Å². The molecule has 0 aliphatic rings. The van der Waals surface area contributed by atoms with Crippen LogP contribution < -0.4 is 0 Å². The zero-order chi connectivity index (χ0) is 44.3. The van der Waals surface area contributed by atoms with Crippen molar-refractivity contribution >= 4 is 54.1 Å². The Morgan fingerprint density at radius 3 is 1.22 bits per heavy atom. The Bertz CT molecular complexity index is 3960. The predicted octanol–water partition coefficient (Wildman–Crippen LogP) is 17.6. The minimum absolute atomic E-state index is 0.912. The van der Waals surface area contributed by atoms with Gasteiger partial charge in [0.15, 0.2) is 0 Å². The summed E-state index contributed by atoms with van der Waals surface area (Å²) in [6.45, 7) is 0. The van der Waals surface area contributed by atoms with Crippen LogP contribution in [0.5, 0.6) is 0 Å². The van der Waals surface area contributed by atoms with E-state index in [2.05, 4.69) is 259 Å². The first-order valence-electron chi connectivity index (χ1n) is 23.0. The Hall–Kier alpha value is -8.85. The van der Waals surface area contributed by atoms with Crippen molar-refractivity contribution in [1.29, 1.82) is 0 Å². The number of benzene rings is 11. The largest absolute Gasteiger partial charge is 0.309 e. The molecule has 0 saturated heterocycles. The SMILES string of the molecule is c1ccc(-c2ccc(-c3cc(-c4ccccc4)cc(-c4cc(-c5ccc6c7ccccc7c7ccccc7c6c5)cc(-n5c6ccccc6c6ccc(-c7ccccc7)cc65)c4)n3)cc2)cc1. The monoisotopic (exact) mass is 850 g/mol. The van der Waals surface area contributed by atoms with Crippen LogP contribution in [0.1, 0.15) is 0 Å². The van der Waals surface area contributed by atoms with E-state index in [9.17, 15) is 0 Å². The number of rotatable bonds is 7. The first-order chi connectivity index (χ1) is 33.2. The third-order valence-corrected chi connectivity index (χ3v) is 13.6. The van der Waals surface area contributed by atoms with Crippen LogP contribution in [0, 0.1) is 0 Å². The zero-order valence-electron chi connectivity index (χ0n) is 36.6. The van der Waals surface area contributed by atoms with E-state index in [1.165, 1.54) is 65.3 Å². The lowest BCUT2D eigenvalue weighted by Crippen LogP contribution is -1.98. The molecule has 0 amide bonds. The highest BCUT2D eigenvalue weighted by Crippen LogP contribution is 2.41. The van der Waals surface area contributed by atoms with E-state index in [-0.39, 0.29) is 0 Å². The maximum absolute atomic E-state index is 5.55. The summed E-state index contributed by atoms with van der Waals surface area (Å²) in [7, 11) is 0. The second-order valence-corrected chi connectivity index (χ2v) is 17.5. The third kappa shape index (κ3) is 6.78. The Balaban J connectivity index is 1.07. The molecule has 13 rings (SSSR count). The maximum Gasteiger partial charge on any atom is 0.0716 e. The average molecular weight is 851 g/mol. The van der Waals surface area contributed by atoms with Crippen LogP contribution in [-0.4, -0.2) is 9.55 Å². The van der Waals surface area contributed by atoms with E-state index in [0.29, 0.717) is 0 Å². The van der Waals surface area contributed by atoms with Crippen molar-refractivity contribution in [2.45, 2.75) is 0 Å². The van der Waals surface area contributed by atoms with E-state index in [1.807, 2.05) is 0 Å². The first kappa shape index (κ1) is 38.6. The molecular formula is C65H42N2. The van der Waals surface area contributed by atoms with E-state index in [0.717, 1.165) is 61.5 Å². The molecule has 11 aromatic carbocycles. The van der Waals surface area contributed by atoms with Gasteiger partial charge in [0.2, 0.25) is 0 Å². The minimum Gasteiger partial charge on any atom is -0.309 e. The molecule has 0 fully saturated rings. The standard InChI is InChI=1S/C65H42N2/c1-4-16-43(17-5-1)46-28-30-47(31-29-46)62-40-51(45-20-8-3-9-21-45)41-63(66-62)52-36-50(48-32-34-58-56-24-11-10-22-54(56)55-23-12-13-25-57(55)61(58)39-48)37-53(38-52)67-64-27-15-14-26-59(64)60-35-33-49(42-65(60)67)44-18-6-2-7-19-44/h1-42H. The Morgan fingerprint density at radius 2 is 0.597 bits per heavy atom. The molecule has 0 N–H and O–H groups in total. The van der Waals surface area contributed by atoms with Crippen LogP contribution in [0.4, 0.5) is 0 Å². The first-order valence-corrected chi connectivity index (χ1v) is 23.0. The molecule has 2 heterocycles. The highest BCUT2D eigenvalue weighted by atomic mass is 15.0. The molecule has 0 aliphatic heterocycles. The van der Waals surface area contributed by atoms with E-state index < -0.39 is 0 Å². The topological polar surface area (TPSA) is 17.8 Å². The lowest BCUT2D eigenvalue weighted by atomic mass is 9.91. The fourth-order valence-electron chi connectivity index (χ4n) is 10.3. The predicted molar refractivity (Wildman–Crippen MR) is 284 cm³/mol. The summed E-state index contributed by atoms with van der Waals surface area (Å²) in [5.74, 6) is 0. The Labute approximate surface area is 389 Å². The normalized spacial score (nSPS) is 11.6. The van der Waals surface area contributed by atoms with Gasteiger partial charge in [-0.25, -0.2) is 4.98 Å².